The van der Waals surface area contributed by atoms with E-state index in [4.69, 9.17) is 0 Å². The summed E-state index contributed by atoms with van der Waals surface area (Å²) in [5, 5.41) is 13.5. The van der Waals surface area contributed by atoms with E-state index < -0.39 is 6.10 Å². The second kappa shape index (κ2) is 7.56. The molecule has 2 aromatic rings. The summed E-state index contributed by atoms with van der Waals surface area (Å²) in [6.07, 6.45) is 7.02. The van der Waals surface area contributed by atoms with Crippen molar-refractivity contribution in [1.29, 1.82) is 0 Å². The number of hydrogen-bond acceptors (Lipinski definition) is 3. The molecule has 0 saturated carbocycles. The molecule has 0 spiro atoms. The minimum absolute atomic E-state index is 0.0897. The lowest BCUT2D eigenvalue weighted by molar-refractivity contribution is -0.124. The molecule has 0 fully saturated rings. The molecule has 1 unspecified atom stereocenters. The number of rotatable bonds is 6. The zero-order valence-electron chi connectivity index (χ0n) is 12.9. The van der Waals surface area contributed by atoms with E-state index in [1.165, 1.54) is 6.08 Å². The number of para-hydroxylation sites is 1. The van der Waals surface area contributed by atoms with Gasteiger partial charge in [0.15, 0.2) is 0 Å². The Labute approximate surface area is 130 Å². The first-order chi connectivity index (χ1) is 10.6. The van der Waals surface area contributed by atoms with Crippen LogP contribution in [0, 0.1) is 0 Å². The molecule has 116 valence electrons. The molecule has 1 heterocycles. The van der Waals surface area contributed by atoms with E-state index in [1.54, 1.807) is 35.8 Å². The number of aliphatic hydroxyl groups excluding tert-OH is 1. The predicted molar refractivity (Wildman–Crippen MR) is 86.5 cm³/mol. The molecule has 1 N–H and O–H groups in total. The molecule has 1 atom stereocenters. The largest absolute Gasteiger partial charge is 0.393 e. The first-order valence-electron chi connectivity index (χ1n) is 7.27. The van der Waals surface area contributed by atoms with Gasteiger partial charge < -0.3 is 10.0 Å². The van der Waals surface area contributed by atoms with Gasteiger partial charge in [0.1, 0.15) is 0 Å². The zero-order valence-corrected chi connectivity index (χ0v) is 12.9. The number of carbonyl (C=O) groups excluding carboxylic acids is 1. The Bertz CT molecular complexity index is 632. The maximum atomic E-state index is 11.9. The maximum absolute atomic E-state index is 11.9. The van der Waals surface area contributed by atoms with E-state index in [0.29, 0.717) is 13.0 Å². The van der Waals surface area contributed by atoms with Crippen LogP contribution in [0.15, 0.2) is 48.8 Å². The molecule has 0 saturated heterocycles. The van der Waals surface area contributed by atoms with Gasteiger partial charge in [0.2, 0.25) is 5.91 Å². The number of nitrogens with zero attached hydrogens (tertiary/aromatic N) is 3. The van der Waals surface area contributed by atoms with E-state index in [0.717, 1.165) is 11.3 Å². The highest BCUT2D eigenvalue weighted by molar-refractivity contribution is 5.91. The van der Waals surface area contributed by atoms with Crippen LogP contribution in [0.1, 0.15) is 18.9 Å². The third-order valence-electron chi connectivity index (χ3n) is 3.30. The van der Waals surface area contributed by atoms with Gasteiger partial charge in [-0.25, -0.2) is 4.68 Å². The van der Waals surface area contributed by atoms with Crippen LogP contribution >= 0.6 is 0 Å². The average molecular weight is 299 g/mol. The Morgan fingerprint density at radius 1 is 1.41 bits per heavy atom. The van der Waals surface area contributed by atoms with Gasteiger partial charge in [-0.2, -0.15) is 5.10 Å². The molecule has 0 aliphatic carbocycles. The van der Waals surface area contributed by atoms with Gasteiger partial charge in [-0.15, -0.1) is 0 Å². The summed E-state index contributed by atoms with van der Waals surface area (Å²) in [6.45, 7) is 2.25. The molecule has 1 aromatic carbocycles. The predicted octanol–water partition coefficient (Wildman–Crippen LogP) is 2.11. The van der Waals surface area contributed by atoms with Gasteiger partial charge >= 0.3 is 0 Å². The van der Waals surface area contributed by atoms with Gasteiger partial charge in [0.05, 0.1) is 18.0 Å². The minimum atomic E-state index is -0.400. The number of benzene rings is 1. The van der Waals surface area contributed by atoms with E-state index in [1.807, 2.05) is 36.5 Å². The number of aromatic nitrogens is 2. The van der Waals surface area contributed by atoms with Crippen LogP contribution in [-0.2, 0) is 4.79 Å². The van der Waals surface area contributed by atoms with Gasteiger partial charge in [0, 0.05) is 31.4 Å². The van der Waals surface area contributed by atoms with Crippen LogP contribution in [0.5, 0.6) is 0 Å². The summed E-state index contributed by atoms with van der Waals surface area (Å²) in [5.74, 6) is -0.0897. The number of aliphatic hydroxyl groups is 1. The van der Waals surface area contributed by atoms with Crippen molar-refractivity contribution in [2.45, 2.75) is 19.4 Å². The van der Waals surface area contributed by atoms with Crippen molar-refractivity contribution >= 4 is 12.0 Å². The molecule has 0 radical (unpaired) electrons. The quantitative estimate of drug-likeness (QED) is 0.831. The Hall–Kier alpha value is -2.40. The fraction of sp³-hybridized carbons (Fsp3) is 0.294. The van der Waals surface area contributed by atoms with Crippen LogP contribution in [0.25, 0.3) is 11.8 Å². The molecule has 5 nitrogen and oxygen atoms in total. The SMILES string of the molecule is CC(O)CCN(C)C(=O)C=Cc1cnn(-c2ccccc2)c1. The fourth-order valence-electron chi connectivity index (χ4n) is 1.93. The first-order valence-corrected chi connectivity index (χ1v) is 7.27. The number of carbonyl (C=O) groups is 1. The van der Waals surface area contributed by atoms with Crippen LogP contribution < -0.4 is 0 Å². The highest BCUT2D eigenvalue weighted by Crippen LogP contribution is 2.09. The summed E-state index contributed by atoms with van der Waals surface area (Å²) < 4.78 is 1.77. The second-order valence-corrected chi connectivity index (χ2v) is 5.28. The van der Waals surface area contributed by atoms with Gasteiger partial charge in [-0.1, -0.05) is 18.2 Å². The van der Waals surface area contributed by atoms with Gasteiger partial charge in [-0.05, 0) is 31.6 Å². The molecule has 0 aliphatic rings. The number of likely N-dealkylation sites (N-methyl/N-ethyl adjacent to an activating group) is 1. The Morgan fingerprint density at radius 3 is 2.82 bits per heavy atom. The van der Waals surface area contributed by atoms with Crippen molar-refractivity contribution in [1.82, 2.24) is 14.7 Å². The fourth-order valence-corrected chi connectivity index (χ4v) is 1.93. The molecule has 1 aromatic heterocycles. The highest BCUT2D eigenvalue weighted by Gasteiger charge is 2.06. The van der Waals surface area contributed by atoms with Crippen molar-refractivity contribution in [3.8, 4) is 5.69 Å². The Balaban J connectivity index is 1.96. The summed E-state index contributed by atoms with van der Waals surface area (Å²) in [4.78, 5) is 13.5. The number of amides is 1. The molecule has 2 rings (SSSR count). The van der Waals surface area contributed by atoms with Crippen molar-refractivity contribution in [2.24, 2.45) is 0 Å². The summed E-state index contributed by atoms with van der Waals surface area (Å²) >= 11 is 0. The van der Waals surface area contributed by atoms with E-state index in [2.05, 4.69) is 5.10 Å². The van der Waals surface area contributed by atoms with Crippen LogP contribution in [0.2, 0.25) is 0 Å². The van der Waals surface area contributed by atoms with Crippen LogP contribution in [0.3, 0.4) is 0 Å². The molecular weight excluding hydrogens is 278 g/mol. The summed E-state index contributed by atoms with van der Waals surface area (Å²) in [5.41, 5.74) is 1.84. The normalized spacial score (nSPS) is 12.5. The monoisotopic (exact) mass is 299 g/mol. The first kappa shape index (κ1) is 16.0. The van der Waals surface area contributed by atoms with E-state index >= 15 is 0 Å². The van der Waals surface area contributed by atoms with E-state index in [9.17, 15) is 9.90 Å². The van der Waals surface area contributed by atoms with Crippen LogP contribution in [-0.4, -0.2) is 45.4 Å². The zero-order chi connectivity index (χ0) is 15.9. The molecule has 5 heteroatoms. The topological polar surface area (TPSA) is 58.4 Å². The average Bonchev–Trinajstić information content (AvgIpc) is 3.00. The summed E-state index contributed by atoms with van der Waals surface area (Å²) in [7, 11) is 1.72. The standard InChI is InChI=1S/C17H21N3O2/c1-14(21)10-11-19(2)17(22)9-8-15-12-18-20(13-15)16-6-4-3-5-7-16/h3-9,12-14,21H,10-11H2,1-2H3. The number of hydrogen-bond donors (Lipinski definition) is 1. The van der Waals surface area contributed by atoms with Gasteiger partial charge in [0.25, 0.3) is 0 Å². The minimum Gasteiger partial charge on any atom is -0.393 e. The Kier molecular flexibility index (Phi) is 5.49. The third kappa shape index (κ3) is 4.56. The van der Waals surface area contributed by atoms with Crippen molar-refractivity contribution in [3.63, 3.8) is 0 Å². The van der Waals surface area contributed by atoms with Gasteiger partial charge in [-0.3, -0.25) is 4.79 Å². The van der Waals surface area contributed by atoms with E-state index in [-0.39, 0.29) is 5.91 Å². The third-order valence-corrected chi connectivity index (χ3v) is 3.30. The molecular formula is C17H21N3O2. The van der Waals surface area contributed by atoms with Crippen molar-refractivity contribution in [3.05, 3.63) is 54.4 Å². The second-order valence-electron chi connectivity index (χ2n) is 5.28. The van der Waals surface area contributed by atoms with Crippen molar-refractivity contribution < 1.29 is 9.90 Å². The van der Waals surface area contributed by atoms with Crippen molar-refractivity contribution in [2.75, 3.05) is 13.6 Å². The Morgan fingerprint density at radius 2 is 2.14 bits per heavy atom. The lowest BCUT2D eigenvalue weighted by Gasteiger charge is -2.15. The molecule has 0 aliphatic heterocycles. The lowest BCUT2D eigenvalue weighted by atomic mass is 10.2. The molecule has 22 heavy (non-hydrogen) atoms. The van der Waals surface area contributed by atoms with Crippen LogP contribution in [0.4, 0.5) is 0 Å². The molecule has 1 amide bonds. The summed E-state index contributed by atoms with van der Waals surface area (Å²) in [6, 6.07) is 9.79. The smallest absolute Gasteiger partial charge is 0.246 e. The highest BCUT2D eigenvalue weighted by atomic mass is 16.3. The molecule has 0 bridgehead atoms. The lowest BCUT2D eigenvalue weighted by Crippen LogP contribution is -2.27. The maximum Gasteiger partial charge on any atom is 0.246 e.